The third-order valence-corrected chi connectivity index (χ3v) is 16.3. The number of hydrogen-bond donors (Lipinski definition) is 0. The van der Waals surface area contributed by atoms with Crippen LogP contribution in [0.5, 0.6) is 0 Å². The van der Waals surface area contributed by atoms with Gasteiger partial charge in [0.25, 0.3) is 0 Å². The van der Waals surface area contributed by atoms with Gasteiger partial charge >= 0.3 is 0 Å². The quantitative estimate of drug-likeness (QED) is 0.165. The number of rotatable bonds is 6. The molecule has 0 amide bonds. The van der Waals surface area contributed by atoms with Crippen LogP contribution in [0.2, 0.25) is 0 Å². The zero-order valence-electron chi connectivity index (χ0n) is 40.0. The lowest BCUT2D eigenvalue weighted by molar-refractivity contribution is 0.660. The fraction of sp³-hybridized carbons (Fsp3) is 0.0571. The Hall–Kier alpha value is -8.98. The van der Waals surface area contributed by atoms with Crippen molar-refractivity contribution in [2.75, 3.05) is 4.90 Å². The molecule has 0 unspecified atom stereocenters. The Bertz CT molecular complexity index is 4150. The van der Waals surface area contributed by atoms with Gasteiger partial charge in [0.1, 0.15) is 11.2 Å². The fourth-order valence-electron chi connectivity index (χ4n) is 13.2. The maximum absolute atomic E-state index is 6.53. The van der Waals surface area contributed by atoms with Crippen molar-refractivity contribution in [3.63, 3.8) is 0 Å². The SMILES string of the molecule is CC1(C)c2ccccc2-c2ccc(N(c3ccc(-c4ccccc4)cc3)c3ccc(-c4cccc5oc6ccccc6c45)cc3-c3cccc4c3-c3ccccc3C43c4ccccc4-c4ccccc43)cc21. The summed E-state index contributed by atoms with van der Waals surface area (Å²) in [5.41, 5.74) is 27.2. The normalized spacial score (nSPS) is 13.9. The van der Waals surface area contributed by atoms with E-state index in [9.17, 15) is 0 Å². The number of benzene rings is 11. The lowest BCUT2D eigenvalue weighted by Gasteiger charge is -2.31. The number of anilines is 3. The van der Waals surface area contributed by atoms with Crippen LogP contribution >= 0.6 is 0 Å². The monoisotopic (exact) mass is 917 g/mol. The molecule has 0 saturated heterocycles. The van der Waals surface area contributed by atoms with E-state index < -0.39 is 5.41 Å². The predicted octanol–water partition coefficient (Wildman–Crippen LogP) is 18.7. The summed E-state index contributed by atoms with van der Waals surface area (Å²) in [4.78, 5) is 2.51. The molecule has 0 fully saturated rings. The molecule has 338 valence electrons. The number of para-hydroxylation sites is 1. The van der Waals surface area contributed by atoms with Crippen LogP contribution in [-0.2, 0) is 10.8 Å². The fourth-order valence-corrected chi connectivity index (χ4v) is 13.2. The maximum Gasteiger partial charge on any atom is 0.136 e. The van der Waals surface area contributed by atoms with Gasteiger partial charge in [-0.3, -0.25) is 0 Å². The molecular weight excluding hydrogens is 871 g/mol. The molecule has 0 aliphatic heterocycles. The van der Waals surface area contributed by atoms with E-state index in [1.165, 1.54) is 83.5 Å². The van der Waals surface area contributed by atoms with Crippen molar-refractivity contribution in [2.45, 2.75) is 24.7 Å². The molecule has 12 aromatic rings. The Labute approximate surface area is 419 Å². The van der Waals surface area contributed by atoms with Gasteiger partial charge < -0.3 is 9.32 Å². The van der Waals surface area contributed by atoms with Gasteiger partial charge in [-0.15, -0.1) is 0 Å². The first-order valence-electron chi connectivity index (χ1n) is 25.2. The first-order chi connectivity index (χ1) is 35.5. The highest BCUT2D eigenvalue weighted by Crippen LogP contribution is 2.64. The van der Waals surface area contributed by atoms with Gasteiger partial charge in [0.2, 0.25) is 0 Å². The molecule has 2 heteroatoms. The maximum atomic E-state index is 6.53. The predicted molar refractivity (Wildman–Crippen MR) is 299 cm³/mol. The third-order valence-electron chi connectivity index (χ3n) is 16.3. The molecule has 15 rings (SSSR count). The summed E-state index contributed by atoms with van der Waals surface area (Å²) in [6.07, 6.45) is 0. The molecule has 3 aliphatic rings. The van der Waals surface area contributed by atoms with Gasteiger partial charge in [-0.1, -0.05) is 214 Å². The number of furan rings is 1. The van der Waals surface area contributed by atoms with Crippen LogP contribution in [0, 0.1) is 0 Å². The zero-order valence-corrected chi connectivity index (χ0v) is 40.0. The largest absolute Gasteiger partial charge is 0.456 e. The van der Waals surface area contributed by atoms with Crippen LogP contribution in [0.3, 0.4) is 0 Å². The van der Waals surface area contributed by atoms with Crippen LogP contribution in [-0.4, -0.2) is 0 Å². The van der Waals surface area contributed by atoms with Gasteiger partial charge in [-0.2, -0.15) is 0 Å². The van der Waals surface area contributed by atoms with Crippen molar-refractivity contribution in [1.82, 2.24) is 0 Å². The Balaban J connectivity index is 1.03. The Morgan fingerprint density at radius 3 is 1.58 bits per heavy atom. The highest BCUT2D eigenvalue weighted by molar-refractivity contribution is 6.13. The van der Waals surface area contributed by atoms with Crippen molar-refractivity contribution in [2.24, 2.45) is 0 Å². The topological polar surface area (TPSA) is 16.4 Å². The molecule has 1 aromatic heterocycles. The number of nitrogens with zero attached hydrogens (tertiary/aromatic N) is 1. The summed E-state index contributed by atoms with van der Waals surface area (Å²) in [6, 6.07) is 92.5. The van der Waals surface area contributed by atoms with Gasteiger partial charge in [-0.05, 0) is 143 Å². The Morgan fingerprint density at radius 2 is 0.833 bits per heavy atom. The third kappa shape index (κ3) is 5.61. The van der Waals surface area contributed by atoms with Crippen molar-refractivity contribution >= 4 is 39.0 Å². The summed E-state index contributed by atoms with van der Waals surface area (Å²) < 4.78 is 6.53. The summed E-state index contributed by atoms with van der Waals surface area (Å²) in [5, 5.41) is 2.24. The van der Waals surface area contributed by atoms with Gasteiger partial charge in [0, 0.05) is 33.1 Å². The van der Waals surface area contributed by atoms with E-state index in [0.29, 0.717) is 0 Å². The number of fused-ring (bicyclic) bond motifs is 16. The Morgan fingerprint density at radius 1 is 0.319 bits per heavy atom. The van der Waals surface area contributed by atoms with E-state index in [1.807, 2.05) is 0 Å². The first kappa shape index (κ1) is 40.9. The molecule has 0 N–H and O–H groups in total. The Kier molecular flexibility index (Phi) is 8.66. The van der Waals surface area contributed by atoms with Crippen LogP contribution in [0.1, 0.15) is 47.2 Å². The van der Waals surface area contributed by atoms with Gasteiger partial charge in [0.15, 0.2) is 0 Å². The second-order valence-electron chi connectivity index (χ2n) is 20.3. The van der Waals surface area contributed by atoms with Gasteiger partial charge in [-0.25, -0.2) is 0 Å². The highest BCUT2D eigenvalue weighted by atomic mass is 16.3. The minimum atomic E-state index is -0.484. The molecule has 0 bridgehead atoms. The molecule has 0 saturated carbocycles. The standard InChI is InChI=1S/C70H47NO/c1-69(2)58-27-11-6-20-50(58)53-40-39-48(43-63(53)69)71(47-37-34-45(35-38-47)44-18-4-3-5-19-44)64-41-36-46(49-25-17-33-66-68(49)56-24-10-15-32-65(56)72-66)42-57(64)54-26-16-31-62-67(54)55-23-9-14-30-61(55)70(62)59-28-12-7-21-51(59)52-22-8-13-29-60(52)70/h3-43H,1-2H3. The highest BCUT2D eigenvalue weighted by Gasteiger charge is 2.52. The minimum absolute atomic E-state index is 0.185. The molecule has 11 aromatic carbocycles. The lowest BCUT2D eigenvalue weighted by Crippen LogP contribution is -2.25. The average molecular weight is 918 g/mol. The van der Waals surface area contributed by atoms with Crippen LogP contribution < -0.4 is 4.90 Å². The van der Waals surface area contributed by atoms with Crippen molar-refractivity contribution < 1.29 is 4.42 Å². The van der Waals surface area contributed by atoms with E-state index in [0.717, 1.165) is 55.7 Å². The first-order valence-corrected chi connectivity index (χ1v) is 25.2. The second kappa shape index (κ2) is 15.3. The van der Waals surface area contributed by atoms with Crippen molar-refractivity contribution in [3.05, 3.63) is 282 Å². The minimum Gasteiger partial charge on any atom is -0.456 e. The molecule has 72 heavy (non-hydrogen) atoms. The van der Waals surface area contributed by atoms with Crippen molar-refractivity contribution in [1.29, 1.82) is 0 Å². The zero-order chi connectivity index (χ0) is 47.7. The van der Waals surface area contributed by atoms with E-state index in [-0.39, 0.29) is 5.41 Å². The summed E-state index contributed by atoms with van der Waals surface area (Å²) in [5.74, 6) is 0. The van der Waals surface area contributed by atoms with E-state index in [1.54, 1.807) is 0 Å². The molecule has 0 atom stereocenters. The second-order valence-corrected chi connectivity index (χ2v) is 20.3. The van der Waals surface area contributed by atoms with E-state index >= 15 is 0 Å². The molecular formula is C70H47NO. The van der Waals surface area contributed by atoms with Crippen LogP contribution in [0.25, 0.3) is 88.7 Å². The average Bonchev–Trinajstić information content (AvgIpc) is 4.14. The van der Waals surface area contributed by atoms with Crippen LogP contribution in [0.15, 0.2) is 253 Å². The van der Waals surface area contributed by atoms with E-state index in [4.69, 9.17) is 4.42 Å². The molecule has 2 nitrogen and oxygen atoms in total. The summed E-state index contributed by atoms with van der Waals surface area (Å²) in [7, 11) is 0. The van der Waals surface area contributed by atoms with E-state index in [2.05, 4.69) is 267 Å². The van der Waals surface area contributed by atoms with Crippen LogP contribution in [0.4, 0.5) is 17.1 Å². The number of hydrogen-bond acceptors (Lipinski definition) is 2. The molecule has 1 spiro atoms. The van der Waals surface area contributed by atoms with Crippen molar-refractivity contribution in [3.8, 4) is 66.8 Å². The smallest absolute Gasteiger partial charge is 0.136 e. The van der Waals surface area contributed by atoms with Gasteiger partial charge in [0.05, 0.1) is 11.1 Å². The summed E-state index contributed by atoms with van der Waals surface area (Å²) in [6.45, 7) is 4.75. The molecule has 1 heterocycles. The molecule has 0 radical (unpaired) electrons. The summed E-state index contributed by atoms with van der Waals surface area (Å²) >= 11 is 0. The molecule has 3 aliphatic carbocycles. The lowest BCUT2D eigenvalue weighted by atomic mass is 9.70.